The topological polar surface area (TPSA) is 52.5 Å². The third kappa shape index (κ3) is 1.88. The first-order valence-corrected chi connectivity index (χ1v) is 7.57. The second kappa shape index (κ2) is 5.16. The van der Waals surface area contributed by atoms with Gasteiger partial charge in [-0.1, -0.05) is 30.3 Å². The summed E-state index contributed by atoms with van der Waals surface area (Å²) >= 11 is 0. The van der Waals surface area contributed by atoms with Crippen LogP contribution in [0, 0.1) is 22.7 Å². The van der Waals surface area contributed by atoms with E-state index in [0.29, 0.717) is 16.8 Å². The van der Waals surface area contributed by atoms with Crippen LogP contribution in [0.5, 0.6) is 0 Å². The predicted octanol–water partition coefficient (Wildman–Crippen LogP) is 4.33. The Morgan fingerprint density at radius 3 is 2.39 bits per heavy atom. The number of benzene rings is 2. The molecule has 0 saturated carbocycles. The zero-order valence-corrected chi connectivity index (χ0v) is 12.5. The normalized spacial score (nSPS) is 12.6. The van der Waals surface area contributed by atoms with Crippen molar-refractivity contribution in [3.63, 3.8) is 0 Å². The third-order valence-corrected chi connectivity index (χ3v) is 4.36. The van der Waals surface area contributed by atoms with Crippen LogP contribution in [0.15, 0.2) is 48.5 Å². The van der Waals surface area contributed by atoms with E-state index in [-0.39, 0.29) is 0 Å². The summed E-state index contributed by atoms with van der Waals surface area (Å²) in [6.45, 7) is 0. The minimum Gasteiger partial charge on any atom is -0.307 e. The number of hydrogen-bond acceptors (Lipinski definition) is 2. The number of hydrogen-bond donors (Lipinski definition) is 0. The molecule has 108 valence electrons. The van der Waals surface area contributed by atoms with Gasteiger partial charge in [0.2, 0.25) is 0 Å². The molecule has 0 atom stereocenters. The monoisotopic (exact) mass is 295 g/mol. The molecule has 3 aromatic rings. The van der Waals surface area contributed by atoms with Crippen LogP contribution in [-0.4, -0.2) is 4.57 Å². The van der Waals surface area contributed by atoms with Gasteiger partial charge in [-0.25, -0.2) is 0 Å². The van der Waals surface area contributed by atoms with E-state index < -0.39 is 0 Å². The maximum absolute atomic E-state index is 9.52. The summed E-state index contributed by atoms with van der Waals surface area (Å²) in [5, 5.41) is 20.2. The Morgan fingerprint density at radius 1 is 0.913 bits per heavy atom. The van der Waals surface area contributed by atoms with Crippen LogP contribution in [0.4, 0.5) is 0 Å². The first-order chi connectivity index (χ1) is 11.3. The zero-order valence-electron chi connectivity index (χ0n) is 12.5. The lowest BCUT2D eigenvalue weighted by Gasteiger charge is -2.14. The van der Waals surface area contributed by atoms with Gasteiger partial charge in [-0.05, 0) is 42.7 Å². The standard InChI is InChI=1S/C20H13N3/c21-12-14-6-5-7-15(13-22)20(14)23-18-10-3-1-8-16(18)17-9-2-4-11-19(17)23/h1,3-8,10-11H,2,9H2. The fraction of sp³-hybridized carbons (Fsp3) is 0.100. The molecule has 1 aliphatic rings. The van der Waals surface area contributed by atoms with Crippen molar-refractivity contribution in [1.82, 2.24) is 4.57 Å². The molecule has 0 unspecified atom stereocenters. The molecule has 23 heavy (non-hydrogen) atoms. The molecule has 0 spiro atoms. The highest BCUT2D eigenvalue weighted by molar-refractivity contribution is 5.91. The van der Waals surface area contributed by atoms with Gasteiger partial charge in [0, 0.05) is 11.1 Å². The van der Waals surface area contributed by atoms with Crippen LogP contribution < -0.4 is 0 Å². The number of aryl methyl sites for hydroxylation is 1. The van der Waals surface area contributed by atoms with Crippen molar-refractivity contribution in [2.45, 2.75) is 12.8 Å². The first kappa shape index (κ1) is 13.4. The molecule has 0 saturated heterocycles. The highest BCUT2D eigenvalue weighted by atomic mass is 15.0. The molecule has 0 fully saturated rings. The number of allylic oxidation sites excluding steroid dienone is 1. The van der Waals surface area contributed by atoms with Gasteiger partial charge in [0.15, 0.2) is 0 Å². The number of aromatic nitrogens is 1. The van der Waals surface area contributed by atoms with E-state index in [1.54, 1.807) is 18.2 Å². The lowest BCUT2D eigenvalue weighted by Crippen LogP contribution is -2.04. The van der Waals surface area contributed by atoms with Gasteiger partial charge < -0.3 is 4.57 Å². The smallest absolute Gasteiger partial charge is 0.101 e. The van der Waals surface area contributed by atoms with Crippen molar-refractivity contribution in [1.29, 1.82) is 10.5 Å². The molecule has 0 bridgehead atoms. The zero-order chi connectivity index (χ0) is 15.8. The molecule has 2 aromatic carbocycles. The minimum atomic E-state index is 0.520. The van der Waals surface area contributed by atoms with E-state index in [1.807, 2.05) is 12.1 Å². The van der Waals surface area contributed by atoms with E-state index in [2.05, 4.69) is 41.0 Å². The summed E-state index contributed by atoms with van der Waals surface area (Å²) in [4.78, 5) is 0. The van der Waals surface area contributed by atoms with E-state index in [0.717, 1.165) is 24.1 Å². The van der Waals surface area contributed by atoms with Crippen molar-refractivity contribution in [2.24, 2.45) is 0 Å². The molecule has 0 radical (unpaired) electrons. The fourth-order valence-corrected chi connectivity index (χ4v) is 3.39. The van der Waals surface area contributed by atoms with E-state index in [9.17, 15) is 10.5 Å². The predicted molar refractivity (Wildman–Crippen MR) is 90.1 cm³/mol. The molecule has 3 nitrogen and oxygen atoms in total. The van der Waals surface area contributed by atoms with Crippen LogP contribution in [0.2, 0.25) is 0 Å². The summed E-state index contributed by atoms with van der Waals surface area (Å²) in [5.41, 5.74) is 5.14. The number of para-hydroxylation sites is 2. The number of nitriles is 2. The van der Waals surface area contributed by atoms with Gasteiger partial charge in [0.1, 0.15) is 12.1 Å². The number of rotatable bonds is 1. The lowest BCUT2D eigenvalue weighted by atomic mass is 10.0. The first-order valence-electron chi connectivity index (χ1n) is 7.57. The van der Waals surface area contributed by atoms with Crippen LogP contribution in [-0.2, 0) is 6.42 Å². The summed E-state index contributed by atoms with van der Waals surface area (Å²) in [7, 11) is 0. The van der Waals surface area contributed by atoms with Crippen molar-refractivity contribution in [3.05, 3.63) is 70.9 Å². The summed E-state index contributed by atoms with van der Waals surface area (Å²) in [5.74, 6) is 0. The molecule has 1 heterocycles. The van der Waals surface area contributed by atoms with Gasteiger partial charge in [-0.2, -0.15) is 10.5 Å². The van der Waals surface area contributed by atoms with Crippen molar-refractivity contribution in [2.75, 3.05) is 0 Å². The van der Waals surface area contributed by atoms with Crippen molar-refractivity contribution >= 4 is 17.0 Å². The molecule has 1 aliphatic carbocycles. The maximum Gasteiger partial charge on any atom is 0.101 e. The number of fused-ring (bicyclic) bond motifs is 3. The Kier molecular flexibility index (Phi) is 3.00. The Balaban J connectivity index is 2.20. The second-order valence-corrected chi connectivity index (χ2v) is 5.58. The minimum absolute atomic E-state index is 0.520. The summed E-state index contributed by atoms with van der Waals surface area (Å²) in [6.07, 6.45) is 6.26. The Hall–Kier alpha value is -3.30. The summed E-state index contributed by atoms with van der Waals surface area (Å²) in [6, 6.07) is 18.0. The fourth-order valence-electron chi connectivity index (χ4n) is 3.39. The van der Waals surface area contributed by atoms with E-state index >= 15 is 0 Å². The molecule has 3 heteroatoms. The number of nitrogens with zero attached hydrogens (tertiary/aromatic N) is 3. The Bertz CT molecular complexity index is 1010. The Labute approximate surface area is 134 Å². The van der Waals surface area contributed by atoms with Crippen LogP contribution in [0.3, 0.4) is 0 Å². The van der Waals surface area contributed by atoms with E-state index in [4.69, 9.17) is 0 Å². The highest BCUT2D eigenvalue weighted by Crippen LogP contribution is 2.35. The largest absolute Gasteiger partial charge is 0.307 e. The summed E-state index contributed by atoms with van der Waals surface area (Å²) < 4.78 is 2.07. The molecule has 0 aliphatic heterocycles. The maximum atomic E-state index is 9.52. The van der Waals surface area contributed by atoms with Crippen molar-refractivity contribution < 1.29 is 0 Å². The highest BCUT2D eigenvalue weighted by Gasteiger charge is 2.21. The molecule has 0 amide bonds. The van der Waals surface area contributed by atoms with Gasteiger partial charge in [0.25, 0.3) is 0 Å². The van der Waals surface area contributed by atoms with Crippen LogP contribution in [0.1, 0.15) is 28.8 Å². The van der Waals surface area contributed by atoms with E-state index in [1.165, 1.54) is 10.9 Å². The van der Waals surface area contributed by atoms with Crippen molar-refractivity contribution in [3.8, 4) is 17.8 Å². The molecule has 0 N–H and O–H groups in total. The quantitative estimate of drug-likeness (QED) is 0.670. The molecule has 4 rings (SSSR count). The third-order valence-electron chi connectivity index (χ3n) is 4.36. The molecule has 1 aromatic heterocycles. The second-order valence-electron chi connectivity index (χ2n) is 5.58. The van der Waals surface area contributed by atoms with Gasteiger partial charge in [-0.15, -0.1) is 0 Å². The average molecular weight is 295 g/mol. The van der Waals surface area contributed by atoms with Gasteiger partial charge >= 0.3 is 0 Å². The van der Waals surface area contributed by atoms with Gasteiger partial charge in [-0.3, -0.25) is 0 Å². The van der Waals surface area contributed by atoms with Gasteiger partial charge in [0.05, 0.1) is 22.3 Å². The Morgan fingerprint density at radius 2 is 1.65 bits per heavy atom. The lowest BCUT2D eigenvalue weighted by molar-refractivity contribution is 0.965. The molecular formula is C20H13N3. The molecular weight excluding hydrogens is 282 g/mol. The SMILES string of the molecule is N#Cc1cccc(C#N)c1-n1c2c(c3ccccc31)CCC=C2. The van der Waals surface area contributed by atoms with Crippen LogP contribution >= 0.6 is 0 Å². The van der Waals surface area contributed by atoms with Crippen LogP contribution in [0.25, 0.3) is 22.7 Å². The average Bonchev–Trinajstić information content (AvgIpc) is 2.95.